The minimum Gasteiger partial charge on any atom is -0.378 e. The van der Waals surface area contributed by atoms with Crippen LogP contribution >= 0.6 is 23.2 Å². The average Bonchev–Trinajstić information content (AvgIpc) is 3.08. The molecule has 0 atom stereocenters. The molecule has 138 valence electrons. The summed E-state index contributed by atoms with van der Waals surface area (Å²) in [6.07, 6.45) is 3.19. The highest BCUT2D eigenvalue weighted by Crippen LogP contribution is 2.25. The molecule has 1 N–H and O–H groups in total. The summed E-state index contributed by atoms with van der Waals surface area (Å²) in [4.78, 5) is 16.8. The van der Waals surface area contributed by atoms with Crippen LogP contribution < -0.4 is 5.32 Å². The lowest BCUT2D eigenvalue weighted by molar-refractivity contribution is 0.0953. The van der Waals surface area contributed by atoms with Crippen molar-refractivity contribution in [2.75, 3.05) is 19.5 Å². The number of nitrogens with zero attached hydrogens (tertiary/aromatic N) is 3. The van der Waals surface area contributed by atoms with Crippen LogP contribution in [0, 0.1) is 11.8 Å². The van der Waals surface area contributed by atoms with Crippen LogP contribution in [0.5, 0.6) is 0 Å². The third-order valence-corrected chi connectivity index (χ3v) is 4.20. The Hall–Kier alpha value is -2.59. The molecule has 1 aromatic carbocycles. The average molecular weight is 403 g/mol. The number of fused-ring (bicyclic) bond motifs is 1. The van der Waals surface area contributed by atoms with E-state index < -0.39 is 0 Å². The van der Waals surface area contributed by atoms with Crippen molar-refractivity contribution in [1.82, 2.24) is 20.1 Å². The van der Waals surface area contributed by atoms with Gasteiger partial charge in [-0.05, 0) is 24.3 Å². The van der Waals surface area contributed by atoms with E-state index in [1.54, 1.807) is 30.1 Å². The molecule has 0 aliphatic carbocycles. The number of carbonyl (C=O) groups excluding carboxylic acids is 1. The highest BCUT2D eigenvalue weighted by molar-refractivity contribution is 6.31. The van der Waals surface area contributed by atoms with E-state index >= 15 is 0 Å². The Morgan fingerprint density at radius 1 is 1.33 bits per heavy atom. The molecule has 2 aromatic heterocycles. The van der Waals surface area contributed by atoms with Gasteiger partial charge in [0.05, 0.1) is 47.7 Å². The fourth-order valence-corrected chi connectivity index (χ4v) is 2.93. The SMILES string of the molecule is COCc1c(C(=O)NCC#CCCl)cnn1-c1ccnc2cc(Cl)ccc12. The minimum atomic E-state index is -0.279. The minimum absolute atomic E-state index is 0.208. The molecule has 27 heavy (non-hydrogen) atoms. The summed E-state index contributed by atoms with van der Waals surface area (Å²) < 4.78 is 6.97. The number of halogens is 2. The molecule has 0 radical (unpaired) electrons. The molecule has 0 aliphatic heterocycles. The topological polar surface area (TPSA) is 69.0 Å². The van der Waals surface area contributed by atoms with Gasteiger partial charge < -0.3 is 10.1 Å². The molecule has 0 saturated carbocycles. The number of alkyl halides is 1. The maximum atomic E-state index is 12.5. The molecule has 6 nitrogen and oxygen atoms in total. The summed E-state index contributed by atoms with van der Waals surface area (Å²) in [5, 5.41) is 8.60. The lowest BCUT2D eigenvalue weighted by Crippen LogP contribution is -2.24. The second-order valence-corrected chi connectivity index (χ2v) is 6.21. The number of hydrogen-bond acceptors (Lipinski definition) is 4. The predicted octanol–water partition coefficient (Wildman–Crippen LogP) is 3.19. The van der Waals surface area contributed by atoms with Gasteiger partial charge in [-0.15, -0.1) is 11.6 Å². The van der Waals surface area contributed by atoms with Gasteiger partial charge >= 0.3 is 0 Å². The van der Waals surface area contributed by atoms with Gasteiger partial charge in [-0.3, -0.25) is 9.78 Å². The Morgan fingerprint density at radius 3 is 2.96 bits per heavy atom. The van der Waals surface area contributed by atoms with Crippen LogP contribution in [0.25, 0.3) is 16.6 Å². The highest BCUT2D eigenvalue weighted by Gasteiger charge is 2.19. The number of nitrogens with one attached hydrogen (secondary N) is 1. The van der Waals surface area contributed by atoms with Crippen molar-refractivity contribution < 1.29 is 9.53 Å². The highest BCUT2D eigenvalue weighted by atomic mass is 35.5. The second kappa shape index (κ2) is 8.87. The van der Waals surface area contributed by atoms with Crippen molar-refractivity contribution in [1.29, 1.82) is 0 Å². The first-order chi connectivity index (χ1) is 13.2. The van der Waals surface area contributed by atoms with E-state index in [1.807, 2.05) is 12.1 Å². The van der Waals surface area contributed by atoms with Crippen LogP contribution in [0.1, 0.15) is 16.1 Å². The number of ether oxygens (including phenoxy) is 1. The molecule has 2 heterocycles. The van der Waals surface area contributed by atoms with Crippen LogP contribution in [0.3, 0.4) is 0 Å². The van der Waals surface area contributed by atoms with Gasteiger partial charge in [0, 0.05) is 23.7 Å². The number of benzene rings is 1. The maximum Gasteiger partial charge on any atom is 0.255 e. The van der Waals surface area contributed by atoms with Crippen LogP contribution in [0.15, 0.2) is 36.7 Å². The van der Waals surface area contributed by atoms with Gasteiger partial charge in [0.25, 0.3) is 5.91 Å². The maximum absolute atomic E-state index is 12.5. The van der Waals surface area contributed by atoms with Crippen molar-refractivity contribution >= 4 is 40.0 Å². The molecule has 1 amide bonds. The van der Waals surface area contributed by atoms with E-state index in [0.717, 1.165) is 16.6 Å². The zero-order chi connectivity index (χ0) is 19.2. The van der Waals surface area contributed by atoms with Gasteiger partial charge in [0.1, 0.15) is 0 Å². The number of pyridine rings is 1. The van der Waals surface area contributed by atoms with E-state index in [2.05, 4.69) is 27.2 Å². The molecule has 3 aromatic rings. The molecule has 0 spiro atoms. The first kappa shape index (κ1) is 19.2. The standard InChI is InChI=1S/C19H16Cl2N4O2/c1-27-12-18-15(19(26)23-8-3-2-7-20)11-24-25(18)17-6-9-22-16-10-13(21)4-5-14(16)17/h4-6,9-11H,7-8,12H2,1H3,(H,23,26). The predicted molar refractivity (Wildman–Crippen MR) is 105 cm³/mol. The van der Waals surface area contributed by atoms with Crippen molar-refractivity contribution in [3.63, 3.8) is 0 Å². The Balaban J connectivity index is 2.02. The molecular formula is C19H16Cl2N4O2. The summed E-state index contributed by atoms with van der Waals surface area (Å²) in [6.45, 7) is 0.424. The molecule has 3 rings (SSSR count). The molecule has 0 saturated heterocycles. The van der Waals surface area contributed by atoms with Crippen molar-refractivity contribution in [3.8, 4) is 17.5 Å². The summed E-state index contributed by atoms with van der Waals surface area (Å²) >= 11 is 11.6. The van der Waals surface area contributed by atoms with Gasteiger partial charge in [0.15, 0.2) is 0 Å². The van der Waals surface area contributed by atoms with Crippen LogP contribution in [-0.2, 0) is 11.3 Å². The van der Waals surface area contributed by atoms with E-state index in [1.165, 1.54) is 6.20 Å². The number of aromatic nitrogens is 3. The summed E-state index contributed by atoms with van der Waals surface area (Å²) in [5.41, 5.74) is 2.57. The third kappa shape index (κ3) is 4.22. The molecule has 0 bridgehead atoms. The van der Waals surface area contributed by atoms with Gasteiger partial charge in [-0.1, -0.05) is 23.4 Å². The fraction of sp³-hybridized carbons (Fsp3) is 0.211. The van der Waals surface area contributed by atoms with E-state index in [-0.39, 0.29) is 24.9 Å². The van der Waals surface area contributed by atoms with E-state index in [4.69, 9.17) is 27.9 Å². The summed E-state index contributed by atoms with van der Waals surface area (Å²) in [5.74, 6) is 5.40. The van der Waals surface area contributed by atoms with Gasteiger partial charge in [-0.25, -0.2) is 4.68 Å². The molecule has 0 aliphatic rings. The van der Waals surface area contributed by atoms with E-state index in [0.29, 0.717) is 16.3 Å². The van der Waals surface area contributed by atoms with Crippen LogP contribution in [0.2, 0.25) is 5.02 Å². The largest absolute Gasteiger partial charge is 0.378 e. The summed E-state index contributed by atoms with van der Waals surface area (Å²) in [7, 11) is 1.56. The zero-order valence-electron chi connectivity index (χ0n) is 14.5. The quantitative estimate of drug-likeness (QED) is 0.525. The number of rotatable bonds is 5. The van der Waals surface area contributed by atoms with E-state index in [9.17, 15) is 4.79 Å². The Bertz CT molecular complexity index is 1040. The molecule has 8 heteroatoms. The normalized spacial score (nSPS) is 10.5. The molecule has 0 unspecified atom stereocenters. The summed E-state index contributed by atoms with van der Waals surface area (Å²) in [6, 6.07) is 7.27. The molecule has 0 fully saturated rings. The lowest BCUT2D eigenvalue weighted by Gasteiger charge is -2.11. The van der Waals surface area contributed by atoms with Crippen LogP contribution in [0.4, 0.5) is 0 Å². The number of amides is 1. The van der Waals surface area contributed by atoms with Crippen molar-refractivity contribution in [2.45, 2.75) is 6.61 Å². The lowest BCUT2D eigenvalue weighted by atomic mass is 10.1. The first-order valence-corrected chi connectivity index (χ1v) is 8.97. The fourth-order valence-electron chi connectivity index (χ4n) is 2.67. The Kier molecular flexibility index (Phi) is 6.30. The Morgan fingerprint density at radius 2 is 2.19 bits per heavy atom. The van der Waals surface area contributed by atoms with Gasteiger partial charge in [-0.2, -0.15) is 5.10 Å². The van der Waals surface area contributed by atoms with Gasteiger partial charge in [0.2, 0.25) is 0 Å². The van der Waals surface area contributed by atoms with Crippen molar-refractivity contribution in [2.24, 2.45) is 0 Å². The second-order valence-electron chi connectivity index (χ2n) is 5.51. The smallest absolute Gasteiger partial charge is 0.255 e. The first-order valence-electron chi connectivity index (χ1n) is 8.06. The zero-order valence-corrected chi connectivity index (χ0v) is 16.0. The Labute approximate surface area is 166 Å². The monoisotopic (exact) mass is 402 g/mol. The number of methoxy groups -OCH3 is 1. The third-order valence-electron chi connectivity index (χ3n) is 3.83. The van der Waals surface area contributed by atoms with Crippen LogP contribution in [-0.4, -0.2) is 40.2 Å². The molecular weight excluding hydrogens is 387 g/mol. The van der Waals surface area contributed by atoms with Crippen molar-refractivity contribution in [3.05, 3.63) is 52.9 Å². The number of carbonyl (C=O) groups is 1. The number of hydrogen-bond donors (Lipinski definition) is 1.